The normalized spacial score (nSPS) is 10.9. The minimum absolute atomic E-state index is 0.756. The van der Waals surface area contributed by atoms with Crippen LogP contribution in [0.5, 0.6) is 0 Å². The molecule has 0 radical (unpaired) electrons. The minimum atomic E-state index is 0.756. The first-order valence-corrected chi connectivity index (χ1v) is 7.63. The van der Waals surface area contributed by atoms with Crippen LogP contribution in [0.15, 0.2) is 24.4 Å². The van der Waals surface area contributed by atoms with Crippen molar-refractivity contribution >= 4 is 23.2 Å². The summed E-state index contributed by atoms with van der Waals surface area (Å²) in [4.78, 5) is 4.54. The van der Waals surface area contributed by atoms with Crippen LogP contribution in [0.25, 0.3) is 0 Å². The van der Waals surface area contributed by atoms with Crippen LogP contribution in [-0.2, 0) is 11.3 Å². The van der Waals surface area contributed by atoms with Crippen molar-refractivity contribution in [2.75, 3.05) is 18.5 Å². The number of nitrogens with one attached hydrogen (secondary N) is 1. The van der Waals surface area contributed by atoms with Crippen molar-refractivity contribution in [3.05, 3.63) is 40.7 Å². The summed E-state index contributed by atoms with van der Waals surface area (Å²) >= 11 is 6.16. The maximum absolute atomic E-state index is 6.16. The molecule has 114 valence electrons. The number of aromatic nitrogens is 2. The van der Waals surface area contributed by atoms with E-state index in [2.05, 4.69) is 14.9 Å². The smallest absolute Gasteiger partial charge is 0.207 e. The number of rotatable bonds is 7. The van der Waals surface area contributed by atoms with E-state index in [1.165, 1.54) is 0 Å². The SMILES string of the molecule is CCOCCCn1cc(C)nc1Nc1cccc(Cl)c1C. The van der Waals surface area contributed by atoms with E-state index in [0.717, 1.165) is 54.1 Å². The molecule has 1 aromatic heterocycles. The highest BCUT2D eigenvalue weighted by Crippen LogP contribution is 2.26. The Kier molecular flexibility index (Phi) is 5.65. The van der Waals surface area contributed by atoms with Crippen molar-refractivity contribution < 1.29 is 4.74 Å². The Morgan fingerprint density at radius 1 is 1.33 bits per heavy atom. The number of aryl methyl sites for hydroxylation is 2. The number of anilines is 2. The van der Waals surface area contributed by atoms with E-state index in [0.29, 0.717) is 0 Å². The Morgan fingerprint density at radius 2 is 2.14 bits per heavy atom. The molecule has 2 aromatic rings. The number of ether oxygens (including phenoxy) is 1. The Bertz CT molecular complexity index is 595. The van der Waals surface area contributed by atoms with E-state index in [9.17, 15) is 0 Å². The van der Waals surface area contributed by atoms with Crippen molar-refractivity contribution in [3.8, 4) is 0 Å². The number of hydrogen-bond donors (Lipinski definition) is 1. The molecule has 0 fully saturated rings. The average Bonchev–Trinajstić information content (AvgIpc) is 2.80. The zero-order chi connectivity index (χ0) is 15.2. The Labute approximate surface area is 131 Å². The summed E-state index contributed by atoms with van der Waals surface area (Å²) in [6, 6.07) is 5.84. The van der Waals surface area contributed by atoms with Gasteiger partial charge in [0.1, 0.15) is 0 Å². The Hall–Kier alpha value is -1.52. The predicted octanol–water partition coefficient (Wildman–Crippen LogP) is 4.32. The van der Waals surface area contributed by atoms with E-state index >= 15 is 0 Å². The van der Waals surface area contributed by atoms with E-state index in [1.54, 1.807) is 0 Å². The maximum Gasteiger partial charge on any atom is 0.207 e. The third kappa shape index (κ3) is 4.22. The van der Waals surface area contributed by atoms with E-state index < -0.39 is 0 Å². The van der Waals surface area contributed by atoms with Gasteiger partial charge in [0.15, 0.2) is 0 Å². The Morgan fingerprint density at radius 3 is 2.90 bits per heavy atom. The van der Waals surface area contributed by atoms with E-state index in [-0.39, 0.29) is 0 Å². The second kappa shape index (κ2) is 7.48. The lowest BCUT2D eigenvalue weighted by molar-refractivity contribution is 0.142. The van der Waals surface area contributed by atoms with Gasteiger partial charge in [-0.3, -0.25) is 0 Å². The zero-order valence-corrected chi connectivity index (χ0v) is 13.6. The monoisotopic (exact) mass is 307 g/mol. The highest BCUT2D eigenvalue weighted by molar-refractivity contribution is 6.31. The summed E-state index contributed by atoms with van der Waals surface area (Å²) < 4.78 is 7.50. The largest absolute Gasteiger partial charge is 0.382 e. The van der Waals surface area contributed by atoms with Crippen LogP contribution in [0.1, 0.15) is 24.6 Å². The van der Waals surface area contributed by atoms with Crippen molar-refractivity contribution in [2.24, 2.45) is 0 Å². The van der Waals surface area contributed by atoms with Gasteiger partial charge in [0, 0.05) is 36.7 Å². The highest BCUT2D eigenvalue weighted by atomic mass is 35.5. The van der Waals surface area contributed by atoms with E-state index in [4.69, 9.17) is 16.3 Å². The van der Waals surface area contributed by atoms with Gasteiger partial charge in [-0.05, 0) is 44.9 Å². The van der Waals surface area contributed by atoms with Gasteiger partial charge in [-0.1, -0.05) is 17.7 Å². The topological polar surface area (TPSA) is 39.1 Å². The number of halogens is 1. The molecule has 1 aromatic carbocycles. The molecule has 21 heavy (non-hydrogen) atoms. The molecule has 2 rings (SSSR count). The third-order valence-electron chi connectivity index (χ3n) is 3.30. The maximum atomic E-state index is 6.16. The van der Waals surface area contributed by atoms with Crippen LogP contribution in [0.3, 0.4) is 0 Å². The average molecular weight is 308 g/mol. The van der Waals surface area contributed by atoms with Gasteiger partial charge in [0.25, 0.3) is 0 Å². The summed E-state index contributed by atoms with van der Waals surface area (Å²) in [5, 5.41) is 4.13. The second-order valence-corrected chi connectivity index (χ2v) is 5.39. The molecule has 0 saturated carbocycles. The number of benzene rings is 1. The van der Waals surface area contributed by atoms with Gasteiger partial charge in [-0.2, -0.15) is 0 Å². The molecule has 0 aliphatic carbocycles. The molecule has 5 heteroatoms. The summed E-state index contributed by atoms with van der Waals surface area (Å²) in [6.45, 7) is 8.41. The molecule has 0 bridgehead atoms. The van der Waals surface area contributed by atoms with Crippen molar-refractivity contribution in [2.45, 2.75) is 33.7 Å². The van der Waals surface area contributed by atoms with Gasteiger partial charge in [-0.15, -0.1) is 0 Å². The summed E-state index contributed by atoms with van der Waals surface area (Å²) in [6.07, 6.45) is 3.01. The van der Waals surface area contributed by atoms with Crippen LogP contribution in [0, 0.1) is 13.8 Å². The summed E-state index contributed by atoms with van der Waals surface area (Å²) in [5.74, 6) is 0.842. The fraction of sp³-hybridized carbons (Fsp3) is 0.438. The molecule has 4 nitrogen and oxygen atoms in total. The first kappa shape index (κ1) is 15.9. The molecule has 0 atom stereocenters. The first-order chi connectivity index (χ1) is 10.1. The quantitative estimate of drug-likeness (QED) is 0.774. The molecule has 0 aliphatic rings. The van der Waals surface area contributed by atoms with Crippen LogP contribution < -0.4 is 5.32 Å². The van der Waals surface area contributed by atoms with Crippen LogP contribution in [-0.4, -0.2) is 22.8 Å². The van der Waals surface area contributed by atoms with Gasteiger partial charge in [0.2, 0.25) is 5.95 Å². The lowest BCUT2D eigenvalue weighted by Crippen LogP contribution is -2.06. The van der Waals surface area contributed by atoms with E-state index in [1.807, 2.05) is 45.2 Å². The number of hydrogen-bond acceptors (Lipinski definition) is 3. The van der Waals surface area contributed by atoms with Crippen LogP contribution >= 0.6 is 11.6 Å². The first-order valence-electron chi connectivity index (χ1n) is 7.25. The van der Waals surface area contributed by atoms with Crippen molar-refractivity contribution in [1.82, 2.24) is 9.55 Å². The predicted molar refractivity (Wildman–Crippen MR) is 87.5 cm³/mol. The molecular weight excluding hydrogens is 286 g/mol. The third-order valence-corrected chi connectivity index (χ3v) is 3.71. The summed E-state index contributed by atoms with van der Waals surface area (Å²) in [7, 11) is 0. The number of nitrogens with zero attached hydrogens (tertiary/aromatic N) is 2. The molecule has 0 aliphatic heterocycles. The lowest BCUT2D eigenvalue weighted by Gasteiger charge is -2.12. The number of imidazole rings is 1. The van der Waals surface area contributed by atoms with Gasteiger partial charge >= 0.3 is 0 Å². The Balaban J connectivity index is 2.10. The molecule has 0 spiro atoms. The molecule has 1 N–H and O–H groups in total. The highest BCUT2D eigenvalue weighted by Gasteiger charge is 2.08. The lowest BCUT2D eigenvalue weighted by atomic mass is 10.2. The molecule has 0 amide bonds. The van der Waals surface area contributed by atoms with Crippen molar-refractivity contribution in [1.29, 1.82) is 0 Å². The van der Waals surface area contributed by atoms with Gasteiger partial charge < -0.3 is 14.6 Å². The second-order valence-electron chi connectivity index (χ2n) is 4.99. The standard InChI is InChI=1S/C16H22ClN3O/c1-4-21-10-6-9-20-11-12(2)18-16(20)19-15-8-5-7-14(17)13(15)3/h5,7-8,11H,4,6,9-10H2,1-3H3,(H,18,19). The fourth-order valence-corrected chi connectivity index (χ4v) is 2.34. The zero-order valence-electron chi connectivity index (χ0n) is 12.8. The van der Waals surface area contributed by atoms with Crippen LogP contribution in [0.4, 0.5) is 11.6 Å². The molecule has 0 saturated heterocycles. The summed E-state index contributed by atoms with van der Waals surface area (Å²) in [5.41, 5.74) is 3.01. The molecule has 1 heterocycles. The molecular formula is C16H22ClN3O. The fourth-order valence-electron chi connectivity index (χ4n) is 2.16. The van der Waals surface area contributed by atoms with Crippen molar-refractivity contribution in [3.63, 3.8) is 0 Å². The van der Waals surface area contributed by atoms with Gasteiger partial charge in [0.05, 0.1) is 5.69 Å². The molecule has 0 unspecified atom stereocenters. The minimum Gasteiger partial charge on any atom is -0.382 e. The van der Waals surface area contributed by atoms with Crippen LogP contribution in [0.2, 0.25) is 5.02 Å². The van der Waals surface area contributed by atoms with Gasteiger partial charge in [-0.25, -0.2) is 4.98 Å².